The Kier molecular flexibility index (Phi) is 3.08. The highest BCUT2D eigenvalue weighted by molar-refractivity contribution is 7.82. The topological polar surface area (TPSA) is 93.1 Å². The average Bonchev–Trinajstić information content (AvgIpc) is 2.73. The number of fused-ring (bicyclic) bond motifs is 7. The lowest BCUT2D eigenvalue weighted by Crippen LogP contribution is -2.15. The van der Waals surface area contributed by atoms with Crippen LogP contribution in [0.2, 0.25) is 0 Å². The fraction of sp³-hybridized carbons (Fsp3) is 0. The molecule has 0 atom stereocenters. The van der Waals surface area contributed by atoms with Gasteiger partial charge >= 0.3 is 10.4 Å². The Balaban J connectivity index is 2.01. The minimum atomic E-state index is -4.30. The summed E-state index contributed by atoms with van der Waals surface area (Å²) < 4.78 is 34.9. The second-order valence-electron chi connectivity index (χ2n) is 6.26. The molecule has 0 amide bonds. The number of phenolic OH excluding ortho intramolecular Hbond substituents is 2. The van der Waals surface area contributed by atoms with Crippen LogP contribution in [-0.2, 0) is 10.4 Å². The fourth-order valence-corrected chi connectivity index (χ4v) is 4.24. The normalized spacial score (nSPS) is 14.7. The van der Waals surface area contributed by atoms with Gasteiger partial charge in [-0.1, -0.05) is 12.1 Å². The van der Waals surface area contributed by atoms with Crippen molar-refractivity contribution in [2.75, 3.05) is 0 Å². The molecule has 134 valence electrons. The molecule has 2 N–H and O–H groups in total. The maximum atomic E-state index is 12.3. The summed E-state index contributed by atoms with van der Waals surface area (Å²) in [6, 6.07) is 16.1. The summed E-state index contributed by atoms with van der Waals surface area (Å²) in [5, 5.41) is 22.4. The lowest BCUT2D eigenvalue weighted by molar-refractivity contribution is 0.398. The Morgan fingerprint density at radius 1 is 0.630 bits per heavy atom. The van der Waals surface area contributed by atoms with Gasteiger partial charge < -0.3 is 18.6 Å². The Bertz CT molecular complexity index is 1260. The first-order valence-electron chi connectivity index (χ1n) is 8.07. The minimum Gasteiger partial charge on any atom is -0.508 e. The van der Waals surface area contributed by atoms with Crippen LogP contribution in [0.1, 0.15) is 0 Å². The predicted octanol–water partition coefficient (Wildman–Crippen LogP) is 4.09. The van der Waals surface area contributed by atoms with Crippen LogP contribution in [0, 0.1) is 0 Å². The standard InChI is InChI=1S/C20H12O6S/c21-13-3-5-15-11(9-13)1-7-17-19(15)20-16-6-4-14(22)10-12(16)2-8-18(20)26-27(23,24)25-17/h1-10,21-22H. The highest BCUT2D eigenvalue weighted by Crippen LogP contribution is 2.48. The summed E-state index contributed by atoms with van der Waals surface area (Å²) in [6.45, 7) is 0. The van der Waals surface area contributed by atoms with Crippen molar-refractivity contribution in [2.45, 2.75) is 0 Å². The molecule has 0 bridgehead atoms. The molecular formula is C20H12O6S. The third-order valence-corrected chi connectivity index (χ3v) is 5.33. The highest BCUT2D eigenvalue weighted by atomic mass is 32.3. The van der Waals surface area contributed by atoms with Crippen molar-refractivity contribution < 1.29 is 27.0 Å². The molecule has 1 heterocycles. The van der Waals surface area contributed by atoms with Crippen LogP contribution in [0.15, 0.2) is 60.7 Å². The summed E-state index contributed by atoms with van der Waals surface area (Å²) in [5.74, 6) is 0.466. The molecule has 6 nitrogen and oxygen atoms in total. The molecule has 0 unspecified atom stereocenters. The lowest BCUT2D eigenvalue weighted by atomic mass is 9.92. The maximum absolute atomic E-state index is 12.3. The van der Waals surface area contributed by atoms with Crippen molar-refractivity contribution in [2.24, 2.45) is 0 Å². The highest BCUT2D eigenvalue weighted by Gasteiger charge is 2.29. The maximum Gasteiger partial charge on any atom is 0.501 e. The van der Waals surface area contributed by atoms with Gasteiger partial charge in [0.05, 0.1) is 0 Å². The van der Waals surface area contributed by atoms with E-state index in [1.165, 1.54) is 24.3 Å². The number of rotatable bonds is 0. The Hall–Kier alpha value is -3.45. The van der Waals surface area contributed by atoms with Gasteiger partial charge in [-0.3, -0.25) is 0 Å². The van der Waals surface area contributed by atoms with Gasteiger partial charge in [0.1, 0.15) is 11.5 Å². The summed E-state index contributed by atoms with van der Waals surface area (Å²) in [4.78, 5) is 0. The molecule has 0 fully saturated rings. The third-order valence-electron chi connectivity index (χ3n) is 4.56. The van der Waals surface area contributed by atoms with Crippen LogP contribution < -0.4 is 8.37 Å². The summed E-state index contributed by atoms with van der Waals surface area (Å²) >= 11 is 0. The fourth-order valence-electron chi connectivity index (χ4n) is 3.49. The van der Waals surface area contributed by atoms with E-state index in [1.54, 1.807) is 36.4 Å². The predicted molar refractivity (Wildman–Crippen MR) is 100 cm³/mol. The van der Waals surface area contributed by atoms with E-state index < -0.39 is 10.4 Å². The molecule has 1 aliphatic rings. The van der Waals surface area contributed by atoms with Crippen molar-refractivity contribution in [1.29, 1.82) is 0 Å². The van der Waals surface area contributed by atoms with E-state index >= 15 is 0 Å². The SMILES string of the molecule is O=S1(=O)Oc2ccc3cc(O)ccc3c2-c2c(ccc3cc(O)ccc23)O1. The summed E-state index contributed by atoms with van der Waals surface area (Å²) in [5.41, 5.74) is 1.08. The van der Waals surface area contributed by atoms with Gasteiger partial charge in [-0.2, -0.15) is 0 Å². The first-order valence-corrected chi connectivity index (χ1v) is 9.40. The number of hydrogen-bond acceptors (Lipinski definition) is 6. The smallest absolute Gasteiger partial charge is 0.501 e. The molecule has 5 rings (SSSR count). The first-order chi connectivity index (χ1) is 12.9. The van der Waals surface area contributed by atoms with Crippen molar-refractivity contribution in [3.05, 3.63) is 60.7 Å². The van der Waals surface area contributed by atoms with Crippen molar-refractivity contribution in [3.8, 4) is 34.1 Å². The van der Waals surface area contributed by atoms with Gasteiger partial charge in [0, 0.05) is 11.1 Å². The largest absolute Gasteiger partial charge is 0.508 e. The molecule has 0 aliphatic carbocycles. The molecule has 4 aromatic rings. The van der Waals surface area contributed by atoms with Gasteiger partial charge in [0.25, 0.3) is 0 Å². The molecule has 0 saturated heterocycles. The van der Waals surface area contributed by atoms with Crippen molar-refractivity contribution >= 4 is 31.9 Å². The van der Waals surface area contributed by atoms with Gasteiger partial charge in [-0.25, -0.2) is 0 Å². The second kappa shape index (κ2) is 5.28. The molecule has 1 aliphatic heterocycles. The zero-order valence-electron chi connectivity index (χ0n) is 13.7. The lowest BCUT2D eigenvalue weighted by Gasteiger charge is -2.13. The summed E-state index contributed by atoms with van der Waals surface area (Å²) in [6.07, 6.45) is 0. The molecule has 0 radical (unpaired) electrons. The average molecular weight is 380 g/mol. The van der Waals surface area contributed by atoms with Gasteiger partial charge in [0.2, 0.25) is 0 Å². The molecule has 4 aromatic carbocycles. The monoisotopic (exact) mass is 380 g/mol. The number of hydrogen-bond donors (Lipinski definition) is 2. The van der Waals surface area contributed by atoms with Crippen LogP contribution in [0.25, 0.3) is 32.7 Å². The van der Waals surface area contributed by atoms with E-state index in [0.29, 0.717) is 21.9 Å². The Morgan fingerprint density at radius 3 is 1.52 bits per heavy atom. The van der Waals surface area contributed by atoms with E-state index in [9.17, 15) is 18.6 Å². The Labute approximate surface area is 154 Å². The van der Waals surface area contributed by atoms with Gasteiger partial charge in [-0.05, 0) is 70.1 Å². The van der Waals surface area contributed by atoms with E-state index in [-0.39, 0.29) is 23.0 Å². The zero-order valence-corrected chi connectivity index (χ0v) is 14.5. The summed E-state index contributed by atoms with van der Waals surface area (Å²) in [7, 11) is -4.30. The number of benzene rings is 4. The van der Waals surface area contributed by atoms with Crippen molar-refractivity contribution in [1.82, 2.24) is 0 Å². The van der Waals surface area contributed by atoms with Crippen LogP contribution in [0.3, 0.4) is 0 Å². The molecule has 7 heteroatoms. The molecular weight excluding hydrogens is 368 g/mol. The van der Waals surface area contributed by atoms with Crippen LogP contribution in [0.4, 0.5) is 0 Å². The molecule has 0 aromatic heterocycles. The molecule has 0 spiro atoms. The van der Waals surface area contributed by atoms with Gasteiger partial charge in [0.15, 0.2) is 11.5 Å². The van der Waals surface area contributed by atoms with E-state index in [0.717, 1.165) is 10.8 Å². The number of phenols is 2. The third kappa shape index (κ3) is 2.43. The van der Waals surface area contributed by atoms with Crippen LogP contribution in [-0.4, -0.2) is 18.6 Å². The van der Waals surface area contributed by atoms with Crippen molar-refractivity contribution in [3.63, 3.8) is 0 Å². The quantitative estimate of drug-likeness (QED) is 0.477. The van der Waals surface area contributed by atoms with Crippen LogP contribution in [0.5, 0.6) is 23.0 Å². The molecule has 27 heavy (non-hydrogen) atoms. The molecule has 0 saturated carbocycles. The Morgan fingerprint density at radius 2 is 1.07 bits per heavy atom. The second-order valence-corrected chi connectivity index (χ2v) is 7.41. The van der Waals surface area contributed by atoms with Crippen LogP contribution >= 0.6 is 0 Å². The zero-order chi connectivity index (χ0) is 18.8. The van der Waals surface area contributed by atoms with E-state index in [1.807, 2.05) is 0 Å². The van der Waals surface area contributed by atoms with Gasteiger partial charge in [-0.15, -0.1) is 8.42 Å². The number of aromatic hydroxyl groups is 2. The first kappa shape index (κ1) is 15.8. The minimum absolute atomic E-state index is 0.101. The van der Waals surface area contributed by atoms with E-state index in [4.69, 9.17) is 8.37 Å². The van der Waals surface area contributed by atoms with E-state index in [2.05, 4.69) is 0 Å².